The van der Waals surface area contributed by atoms with E-state index in [4.69, 9.17) is 10.2 Å². The summed E-state index contributed by atoms with van der Waals surface area (Å²) in [5.41, 5.74) is 0.0143. The monoisotopic (exact) mass is 491 g/mol. The third kappa shape index (κ3) is 4.45. The Morgan fingerprint density at radius 2 is 1.95 bits per heavy atom. The smallest absolute Gasteiger partial charge is 0.326 e. The van der Waals surface area contributed by atoms with Gasteiger partial charge in [0, 0.05) is 16.6 Å². The van der Waals surface area contributed by atoms with Gasteiger partial charge in [-0.25, -0.2) is 4.79 Å². The standard InChI is InChI=1S/C11H11I2NO5/c12-5-3-6(9(16)7(13)4-5)10(17)14-8(1-2-15)11(18)19/h3-4,8,15-16H,1-2H2,(H,14,17)(H,18,19)/t8-/m0/s1. The zero-order valence-corrected chi connectivity index (χ0v) is 13.9. The molecule has 1 aromatic rings. The Hall–Kier alpha value is -0.620. The average molecular weight is 491 g/mol. The molecule has 8 heteroatoms. The highest BCUT2D eigenvalue weighted by Gasteiger charge is 2.22. The first-order valence-electron chi connectivity index (χ1n) is 5.19. The van der Waals surface area contributed by atoms with Gasteiger partial charge in [0.1, 0.15) is 11.8 Å². The molecule has 6 nitrogen and oxygen atoms in total. The third-order valence-electron chi connectivity index (χ3n) is 2.29. The van der Waals surface area contributed by atoms with Gasteiger partial charge in [0.25, 0.3) is 5.91 Å². The fraction of sp³-hybridized carbons (Fsp3) is 0.273. The molecule has 1 rings (SSSR count). The van der Waals surface area contributed by atoms with E-state index in [1.54, 1.807) is 6.07 Å². The van der Waals surface area contributed by atoms with E-state index in [0.29, 0.717) is 3.57 Å². The van der Waals surface area contributed by atoms with Crippen LogP contribution >= 0.6 is 45.2 Å². The number of carbonyl (C=O) groups is 2. The Labute approximate surface area is 136 Å². The van der Waals surface area contributed by atoms with Gasteiger partial charge in [0.05, 0.1) is 9.13 Å². The normalized spacial score (nSPS) is 11.9. The van der Waals surface area contributed by atoms with Crippen LogP contribution < -0.4 is 5.32 Å². The van der Waals surface area contributed by atoms with Gasteiger partial charge in [-0.15, -0.1) is 0 Å². The maximum Gasteiger partial charge on any atom is 0.326 e. The zero-order valence-electron chi connectivity index (χ0n) is 9.56. The summed E-state index contributed by atoms with van der Waals surface area (Å²) >= 11 is 3.87. The molecular formula is C11H11I2NO5. The van der Waals surface area contributed by atoms with Crippen LogP contribution in [0.4, 0.5) is 0 Å². The average Bonchev–Trinajstić information content (AvgIpc) is 2.32. The first-order valence-corrected chi connectivity index (χ1v) is 7.35. The molecule has 0 radical (unpaired) electrons. The molecule has 4 N–H and O–H groups in total. The number of benzene rings is 1. The maximum atomic E-state index is 11.9. The molecule has 0 unspecified atom stereocenters. The Kier molecular flexibility index (Phi) is 6.26. The molecule has 0 saturated carbocycles. The Balaban J connectivity index is 2.97. The van der Waals surface area contributed by atoms with Gasteiger partial charge >= 0.3 is 5.97 Å². The lowest BCUT2D eigenvalue weighted by Gasteiger charge is -2.14. The van der Waals surface area contributed by atoms with Crippen LogP contribution in [0.2, 0.25) is 0 Å². The molecule has 0 fully saturated rings. The molecule has 1 amide bonds. The summed E-state index contributed by atoms with van der Waals surface area (Å²) in [6.07, 6.45) is -0.0944. The third-order valence-corrected chi connectivity index (χ3v) is 3.74. The molecule has 0 aliphatic carbocycles. The molecule has 0 aromatic heterocycles. The molecule has 0 bridgehead atoms. The summed E-state index contributed by atoms with van der Waals surface area (Å²) < 4.78 is 1.25. The number of aliphatic carboxylic acids is 1. The molecule has 0 aliphatic rings. The van der Waals surface area contributed by atoms with Crippen LogP contribution in [0.15, 0.2) is 12.1 Å². The van der Waals surface area contributed by atoms with E-state index >= 15 is 0 Å². The van der Waals surface area contributed by atoms with Gasteiger partial charge in [0.15, 0.2) is 0 Å². The van der Waals surface area contributed by atoms with Gasteiger partial charge in [0.2, 0.25) is 0 Å². The van der Waals surface area contributed by atoms with E-state index in [0.717, 1.165) is 3.57 Å². The SMILES string of the molecule is O=C(N[C@@H](CCO)C(=O)O)c1cc(I)cc(I)c1O. The van der Waals surface area contributed by atoms with Crippen LogP contribution in [0, 0.1) is 7.14 Å². The lowest BCUT2D eigenvalue weighted by molar-refractivity contribution is -0.139. The second-order valence-corrected chi connectivity index (χ2v) is 6.07. The number of aliphatic hydroxyl groups excluding tert-OH is 1. The van der Waals surface area contributed by atoms with E-state index < -0.39 is 17.9 Å². The van der Waals surface area contributed by atoms with Crippen LogP contribution in [0.5, 0.6) is 5.75 Å². The van der Waals surface area contributed by atoms with Crippen molar-refractivity contribution in [2.24, 2.45) is 0 Å². The number of aliphatic hydroxyl groups is 1. The molecule has 0 aliphatic heterocycles. The predicted molar refractivity (Wildman–Crippen MR) is 84.1 cm³/mol. The highest BCUT2D eigenvalue weighted by Crippen LogP contribution is 2.27. The molecule has 104 valence electrons. The van der Waals surface area contributed by atoms with Gasteiger partial charge in [-0.05, 0) is 57.3 Å². The summed E-state index contributed by atoms with van der Waals surface area (Å²) in [7, 11) is 0. The fourth-order valence-corrected chi connectivity index (χ4v) is 3.21. The van der Waals surface area contributed by atoms with Gasteiger partial charge in [-0.1, -0.05) is 0 Å². The Morgan fingerprint density at radius 3 is 2.47 bits per heavy atom. The van der Waals surface area contributed by atoms with Crippen molar-refractivity contribution < 1.29 is 24.9 Å². The minimum Gasteiger partial charge on any atom is -0.506 e. The molecule has 0 heterocycles. The van der Waals surface area contributed by atoms with Crippen molar-refractivity contribution in [3.63, 3.8) is 0 Å². The largest absolute Gasteiger partial charge is 0.506 e. The Morgan fingerprint density at radius 1 is 1.32 bits per heavy atom. The molecule has 1 aromatic carbocycles. The Bertz CT molecular complexity index is 506. The molecule has 0 spiro atoms. The first kappa shape index (κ1) is 16.4. The second kappa shape index (κ2) is 7.24. The minimum absolute atomic E-state index is 0.0143. The van der Waals surface area contributed by atoms with Crippen molar-refractivity contribution in [2.75, 3.05) is 6.61 Å². The van der Waals surface area contributed by atoms with E-state index in [2.05, 4.69) is 5.32 Å². The second-order valence-electron chi connectivity index (χ2n) is 3.66. The van der Waals surface area contributed by atoms with Crippen LogP contribution in [-0.4, -0.2) is 39.8 Å². The molecular weight excluding hydrogens is 480 g/mol. The van der Waals surface area contributed by atoms with Gasteiger partial charge < -0.3 is 20.6 Å². The van der Waals surface area contributed by atoms with Crippen molar-refractivity contribution in [3.05, 3.63) is 24.8 Å². The lowest BCUT2D eigenvalue weighted by atomic mass is 10.1. The number of rotatable bonds is 5. The quantitative estimate of drug-likeness (QED) is 0.463. The summed E-state index contributed by atoms with van der Waals surface area (Å²) in [4.78, 5) is 22.8. The number of amides is 1. The van der Waals surface area contributed by atoms with Crippen LogP contribution in [0.3, 0.4) is 0 Å². The number of phenols is 1. The van der Waals surface area contributed by atoms with E-state index in [9.17, 15) is 14.7 Å². The van der Waals surface area contributed by atoms with E-state index in [-0.39, 0.29) is 24.3 Å². The number of carboxylic acids is 1. The fourth-order valence-electron chi connectivity index (χ4n) is 1.36. The first-order chi connectivity index (χ1) is 8.86. The topological polar surface area (TPSA) is 107 Å². The highest BCUT2D eigenvalue weighted by molar-refractivity contribution is 14.1. The van der Waals surface area contributed by atoms with Gasteiger partial charge in [-0.2, -0.15) is 0 Å². The lowest BCUT2D eigenvalue weighted by Crippen LogP contribution is -2.41. The summed E-state index contributed by atoms with van der Waals surface area (Å²) in [6, 6.07) is 1.97. The van der Waals surface area contributed by atoms with Crippen LogP contribution in [0.25, 0.3) is 0 Å². The summed E-state index contributed by atoms with van der Waals surface area (Å²) in [6.45, 7) is -0.354. The van der Waals surface area contributed by atoms with Gasteiger partial charge in [-0.3, -0.25) is 4.79 Å². The van der Waals surface area contributed by atoms with Crippen molar-refractivity contribution >= 4 is 57.1 Å². The number of carboxylic acid groups (broad SMARTS) is 1. The maximum absolute atomic E-state index is 11.9. The molecule has 1 atom stereocenters. The van der Waals surface area contributed by atoms with Crippen LogP contribution in [-0.2, 0) is 4.79 Å². The number of aromatic hydroxyl groups is 1. The van der Waals surface area contributed by atoms with Crippen molar-refractivity contribution in [1.82, 2.24) is 5.32 Å². The predicted octanol–water partition coefficient (Wildman–Crippen LogP) is 1.17. The number of carbonyl (C=O) groups excluding carboxylic acids is 1. The van der Waals surface area contributed by atoms with E-state index in [1.165, 1.54) is 6.07 Å². The number of phenolic OH excluding ortho intramolecular Hbond substituents is 1. The van der Waals surface area contributed by atoms with Crippen molar-refractivity contribution in [3.8, 4) is 5.75 Å². The number of nitrogens with one attached hydrogen (secondary N) is 1. The summed E-state index contributed by atoms with van der Waals surface area (Å²) in [5, 5.41) is 29.7. The molecule has 19 heavy (non-hydrogen) atoms. The number of hydrogen-bond donors (Lipinski definition) is 4. The van der Waals surface area contributed by atoms with Crippen LogP contribution in [0.1, 0.15) is 16.8 Å². The highest BCUT2D eigenvalue weighted by atomic mass is 127. The summed E-state index contributed by atoms with van der Waals surface area (Å²) in [5.74, 6) is -2.11. The van der Waals surface area contributed by atoms with Crippen molar-refractivity contribution in [1.29, 1.82) is 0 Å². The van der Waals surface area contributed by atoms with Crippen molar-refractivity contribution in [2.45, 2.75) is 12.5 Å². The zero-order chi connectivity index (χ0) is 14.6. The van der Waals surface area contributed by atoms with E-state index in [1.807, 2.05) is 45.2 Å². The molecule has 0 saturated heterocycles. The number of halogens is 2. The number of hydrogen-bond acceptors (Lipinski definition) is 4. The minimum atomic E-state index is -1.23.